The lowest BCUT2D eigenvalue weighted by molar-refractivity contribution is 0.412. The van der Waals surface area contributed by atoms with Gasteiger partial charge >= 0.3 is 0 Å². The molecular formula is C17H22BrNO2. The summed E-state index contributed by atoms with van der Waals surface area (Å²) in [4.78, 5) is 0. The van der Waals surface area contributed by atoms with Crippen LogP contribution in [0.15, 0.2) is 45.5 Å². The summed E-state index contributed by atoms with van der Waals surface area (Å²) in [5.41, 5.74) is 1.26. The number of rotatable bonds is 8. The summed E-state index contributed by atoms with van der Waals surface area (Å²) in [5, 5.41) is 3.55. The summed E-state index contributed by atoms with van der Waals surface area (Å²) in [6.07, 6.45) is 4.69. The van der Waals surface area contributed by atoms with Crippen molar-refractivity contribution in [3.05, 3.63) is 52.4 Å². The van der Waals surface area contributed by atoms with Gasteiger partial charge in [0.25, 0.3) is 0 Å². The fourth-order valence-electron chi connectivity index (χ4n) is 2.44. The average Bonchev–Trinajstić information content (AvgIpc) is 3.00. The molecule has 4 heteroatoms. The van der Waals surface area contributed by atoms with Crippen LogP contribution < -0.4 is 10.1 Å². The Morgan fingerprint density at radius 2 is 2.19 bits per heavy atom. The molecule has 0 aliphatic rings. The van der Waals surface area contributed by atoms with Gasteiger partial charge in [0.1, 0.15) is 11.5 Å². The molecule has 0 radical (unpaired) electrons. The van der Waals surface area contributed by atoms with E-state index in [9.17, 15) is 0 Å². The predicted octanol–water partition coefficient (Wildman–Crippen LogP) is 4.20. The first-order valence-electron chi connectivity index (χ1n) is 7.31. The minimum atomic E-state index is 0.420. The normalized spacial score (nSPS) is 12.3. The number of benzene rings is 1. The van der Waals surface area contributed by atoms with Crippen LogP contribution in [0.4, 0.5) is 0 Å². The molecule has 2 rings (SSSR count). The van der Waals surface area contributed by atoms with E-state index >= 15 is 0 Å². The quantitative estimate of drug-likeness (QED) is 0.773. The fraction of sp³-hybridized carbons (Fsp3) is 0.412. The van der Waals surface area contributed by atoms with Crippen LogP contribution >= 0.6 is 15.9 Å². The minimum Gasteiger partial charge on any atom is -0.497 e. The molecule has 21 heavy (non-hydrogen) atoms. The highest BCUT2D eigenvalue weighted by Crippen LogP contribution is 2.24. The van der Waals surface area contributed by atoms with Crippen LogP contribution in [0.25, 0.3) is 0 Å². The molecule has 1 aromatic heterocycles. The van der Waals surface area contributed by atoms with Crippen LogP contribution in [-0.4, -0.2) is 19.7 Å². The summed E-state index contributed by atoms with van der Waals surface area (Å²) in [5.74, 6) is 1.94. The third-order valence-corrected chi connectivity index (χ3v) is 4.30. The van der Waals surface area contributed by atoms with E-state index in [1.165, 1.54) is 5.56 Å². The Balaban J connectivity index is 2.01. The lowest BCUT2D eigenvalue weighted by atomic mass is 10.0. The highest BCUT2D eigenvalue weighted by molar-refractivity contribution is 9.10. The van der Waals surface area contributed by atoms with Crippen LogP contribution in [0.3, 0.4) is 0 Å². The van der Waals surface area contributed by atoms with Gasteiger partial charge in [-0.25, -0.2) is 0 Å². The van der Waals surface area contributed by atoms with Gasteiger partial charge in [0.05, 0.1) is 13.4 Å². The Bertz CT molecular complexity index is 540. The van der Waals surface area contributed by atoms with Gasteiger partial charge in [-0.3, -0.25) is 0 Å². The maximum atomic E-state index is 5.42. The smallest absolute Gasteiger partial charge is 0.119 e. The van der Waals surface area contributed by atoms with Crippen molar-refractivity contribution in [2.45, 2.75) is 32.2 Å². The van der Waals surface area contributed by atoms with Crippen molar-refractivity contribution in [1.29, 1.82) is 0 Å². The molecule has 0 bridgehead atoms. The van der Waals surface area contributed by atoms with Gasteiger partial charge in [-0.05, 0) is 55.3 Å². The van der Waals surface area contributed by atoms with Gasteiger partial charge in [-0.15, -0.1) is 0 Å². The second-order valence-corrected chi connectivity index (χ2v) is 5.89. The lowest BCUT2D eigenvalue weighted by Crippen LogP contribution is -2.31. The van der Waals surface area contributed by atoms with Crippen LogP contribution in [0.5, 0.6) is 5.75 Å². The van der Waals surface area contributed by atoms with Crippen LogP contribution in [0, 0.1) is 0 Å². The van der Waals surface area contributed by atoms with Gasteiger partial charge in [0.2, 0.25) is 0 Å². The van der Waals surface area contributed by atoms with Crippen LogP contribution in [-0.2, 0) is 12.8 Å². The molecule has 1 aromatic carbocycles. The molecule has 1 atom stereocenters. The molecular weight excluding hydrogens is 330 g/mol. The van der Waals surface area contributed by atoms with Gasteiger partial charge in [0.15, 0.2) is 0 Å². The summed E-state index contributed by atoms with van der Waals surface area (Å²) in [7, 11) is 1.70. The third kappa shape index (κ3) is 4.90. The first kappa shape index (κ1) is 16.1. The maximum absolute atomic E-state index is 5.42. The van der Waals surface area contributed by atoms with Crippen molar-refractivity contribution >= 4 is 15.9 Å². The number of furan rings is 1. The van der Waals surface area contributed by atoms with Crippen molar-refractivity contribution in [3.63, 3.8) is 0 Å². The summed E-state index contributed by atoms with van der Waals surface area (Å²) in [6.45, 7) is 3.10. The standard InChI is InChI=1S/C17H22BrNO2/c1-3-19-14(6-7-15-5-4-10-21-15)11-13-12-16(20-2)8-9-17(13)18/h4-5,8-10,12,14,19H,3,6-7,11H2,1-2H3. The molecule has 2 aromatic rings. The predicted molar refractivity (Wildman–Crippen MR) is 88.9 cm³/mol. The van der Waals surface area contributed by atoms with Crippen LogP contribution in [0.2, 0.25) is 0 Å². The van der Waals surface area contributed by atoms with Gasteiger partial charge in [0, 0.05) is 16.9 Å². The SMILES string of the molecule is CCNC(CCc1ccco1)Cc1cc(OC)ccc1Br. The molecule has 0 aliphatic heterocycles. The Labute approximate surface area is 134 Å². The molecule has 0 aliphatic carbocycles. The molecule has 0 fully saturated rings. The number of aryl methyl sites for hydroxylation is 1. The van der Waals surface area contributed by atoms with Crippen molar-refractivity contribution in [2.24, 2.45) is 0 Å². The van der Waals surface area contributed by atoms with E-state index in [1.54, 1.807) is 13.4 Å². The second-order valence-electron chi connectivity index (χ2n) is 5.03. The summed E-state index contributed by atoms with van der Waals surface area (Å²) < 4.78 is 11.9. The largest absolute Gasteiger partial charge is 0.497 e. The lowest BCUT2D eigenvalue weighted by Gasteiger charge is -2.18. The highest BCUT2D eigenvalue weighted by atomic mass is 79.9. The Morgan fingerprint density at radius 1 is 1.33 bits per heavy atom. The van der Waals surface area contributed by atoms with Gasteiger partial charge in [-0.1, -0.05) is 22.9 Å². The van der Waals surface area contributed by atoms with Crippen molar-refractivity contribution in [2.75, 3.05) is 13.7 Å². The number of nitrogens with one attached hydrogen (secondary N) is 1. The number of hydrogen-bond donors (Lipinski definition) is 1. The molecule has 3 nitrogen and oxygen atoms in total. The number of likely N-dealkylation sites (N-methyl/N-ethyl adjacent to an activating group) is 1. The van der Waals surface area contributed by atoms with E-state index in [2.05, 4.69) is 34.2 Å². The average molecular weight is 352 g/mol. The zero-order valence-corrected chi connectivity index (χ0v) is 14.2. The zero-order valence-electron chi connectivity index (χ0n) is 12.6. The van der Waals surface area contributed by atoms with Crippen molar-refractivity contribution in [1.82, 2.24) is 5.32 Å². The van der Waals surface area contributed by atoms with E-state index in [0.717, 1.165) is 41.8 Å². The number of ether oxygens (including phenoxy) is 1. The van der Waals surface area contributed by atoms with E-state index in [0.29, 0.717) is 6.04 Å². The Hall–Kier alpha value is -1.26. The van der Waals surface area contributed by atoms with Crippen molar-refractivity contribution in [3.8, 4) is 5.75 Å². The number of halogens is 1. The minimum absolute atomic E-state index is 0.420. The molecule has 0 spiro atoms. The van der Waals surface area contributed by atoms with Gasteiger partial charge < -0.3 is 14.5 Å². The van der Waals surface area contributed by atoms with E-state index in [1.807, 2.05) is 24.3 Å². The molecule has 0 saturated heterocycles. The fourth-order valence-corrected chi connectivity index (χ4v) is 2.84. The van der Waals surface area contributed by atoms with Gasteiger partial charge in [-0.2, -0.15) is 0 Å². The molecule has 1 unspecified atom stereocenters. The topological polar surface area (TPSA) is 34.4 Å². The maximum Gasteiger partial charge on any atom is 0.119 e. The van der Waals surface area contributed by atoms with E-state index < -0.39 is 0 Å². The monoisotopic (exact) mass is 351 g/mol. The number of hydrogen-bond acceptors (Lipinski definition) is 3. The summed E-state index contributed by atoms with van der Waals surface area (Å²) >= 11 is 3.63. The molecule has 1 heterocycles. The van der Waals surface area contributed by atoms with E-state index in [4.69, 9.17) is 9.15 Å². The molecule has 0 saturated carbocycles. The first-order chi connectivity index (χ1) is 10.2. The summed E-state index contributed by atoms with van der Waals surface area (Å²) in [6, 6.07) is 10.5. The second kappa shape index (κ2) is 8.25. The highest BCUT2D eigenvalue weighted by Gasteiger charge is 2.12. The zero-order chi connectivity index (χ0) is 15.1. The Morgan fingerprint density at radius 3 is 2.86 bits per heavy atom. The third-order valence-electron chi connectivity index (χ3n) is 3.53. The number of methoxy groups -OCH3 is 1. The molecule has 1 N–H and O–H groups in total. The van der Waals surface area contributed by atoms with E-state index in [-0.39, 0.29) is 0 Å². The molecule has 0 amide bonds. The van der Waals surface area contributed by atoms with Crippen molar-refractivity contribution < 1.29 is 9.15 Å². The first-order valence-corrected chi connectivity index (χ1v) is 8.10. The Kier molecular flexibility index (Phi) is 6.33. The molecule has 114 valence electrons. The van der Waals surface area contributed by atoms with Crippen LogP contribution in [0.1, 0.15) is 24.7 Å².